The minimum absolute atomic E-state index is 0.00991. The molecule has 3 rings (SSSR count). The second kappa shape index (κ2) is 13.3. The lowest BCUT2D eigenvalue weighted by Gasteiger charge is -2.33. The van der Waals surface area contributed by atoms with Gasteiger partial charge in [0.1, 0.15) is 12.3 Å². The first-order valence-corrected chi connectivity index (χ1v) is 13.5. The van der Waals surface area contributed by atoms with Gasteiger partial charge in [-0.25, -0.2) is 0 Å². The Hall–Kier alpha value is -3.54. The number of amides is 2. The average molecular weight is 518 g/mol. The highest BCUT2D eigenvalue weighted by molar-refractivity contribution is 5.85. The van der Waals surface area contributed by atoms with Gasteiger partial charge < -0.3 is 19.1 Å². The molecule has 6 heteroatoms. The third-order valence-corrected chi connectivity index (χ3v) is 6.76. The van der Waals surface area contributed by atoms with Crippen molar-refractivity contribution in [2.75, 3.05) is 13.7 Å². The number of aromatic nitrogens is 1. The SMILES string of the molecule is CCC(C)N(CC(=O)N(Cc1ccccc1)Cc1cccn1Cc1cccc(OC)c1)C(=O)CC(C)(C)C. The highest BCUT2D eigenvalue weighted by Crippen LogP contribution is 2.22. The quantitative estimate of drug-likeness (QED) is 0.290. The maximum Gasteiger partial charge on any atom is 0.242 e. The summed E-state index contributed by atoms with van der Waals surface area (Å²) in [6.07, 6.45) is 3.25. The molecule has 0 saturated carbocycles. The van der Waals surface area contributed by atoms with Crippen LogP contribution in [-0.2, 0) is 29.2 Å². The van der Waals surface area contributed by atoms with Crippen LogP contribution in [0.2, 0.25) is 0 Å². The predicted octanol–water partition coefficient (Wildman–Crippen LogP) is 6.14. The van der Waals surface area contributed by atoms with E-state index in [1.807, 2.05) is 72.6 Å². The lowest BCUT2D eigenvalue weighted by atomic mass is 9.91. The second-order valence-corrected chi connectivity index (χ2v) is 11.2. The summed E-state index contributed by atoms with van der Waals surface area (Å²) < 4.78 is 7.55. The molecule has 2 amide bonds. The number of carbonyl (C=O) groups excluding carboxylic acids is 2. The van der Waals surface area contributed by atoms with Crippen molar-refractivity contribution in [3.8, 4) is 5.75 Å². The maximum atomic E-state index is 13.8. The molecule has 1 atom stereocenters. The van der Waals surface area contributed by atoms with Crippen molar-refractivity contribution in [3.63, 3.8) is 0 Å². The van der Waals surface area contributed by atoms with Gasteiger partial charge in [0.05, 0.1) is 13.7 Å². The Labute approximate surface area is 228 Å². The van der Waals surface area contributed by atoms with E-state index < -0.39 is 0 Å². The van der Waals surface area contributed by atoms with E-state index >= 15 is 0 Å². The van der Waals surface area contributed by atoms with Gasteiger partial charge in [-0.3, -0.25) is 9.59 Å². The summed E-state index contributed by atoms with van der Waals surface area (Å²) in [5.41, 5.74) is 3.07. The summed E-state index contributed by atoms with van der Waals surface area (Å²) in [4.78, 5) is 30.7. The molecule has 0 saturated heterocycles. The monoisotopic (exact) mass is 517 g/mol. The van der Waals surface area contributed by atoms with Gasteiger partial charge in [0.15, 0.2) is 0 Å². The number of hydrogen-bond donors (Lipinski definition) is 0. The third kappa shape index (κ3) is 8.51. The largest absolute Gasteiger partial charge is 0.497 e. The van der Waals surface area contributed by atoms with Crippen LogP contribution in [0, 0.1) is 5.41 Å². The minimum Gasteiger partial charge on any atom is -0.497 e. The third-order valence-electron chi connectivity index (χ3n) is 6.76. The van der Waals surface area contributed by atoms with Gasteiger partial charge in [0, 0.05) is 37.4 Å². The van der Waals surface area contributed by atoms with Gasteiger partial charge in [-0.1, -0.05) is 70.2 Å². The number of benzene rings is 2. The fraction of sp³-hybridized carbons (Fsp3) is 0.438. The Bertz CT molecular complexity index is 1180. The molecule has 38 heavy (non-hydrogen) atoms. The first-order chi connectivity index (χ1) is 18.1. The predicted molar refractivity (Wildman–Crippen MR) is 153 cm³/mol. The fourth-order valence-electron chi connectivity index (χ4n) is 4.46. The molecule has 0 spiro atoms. The van der Waals surface area contributed by atoms with Crippen LogP contribution in [-0.4, -0.2) is 45.9 Å². The van der Waals surface area contributed by atoms with Crippen LogP contribution in [0.15, 0.2) is 72.9 Å². The molecule has 6 nitrogen and oxygen atoms in total. The van der Waals surface area contributed by atoms with E-state index in [9.17, 15) is 9.59 Å². The molecule has 0 aliphatic rings. The maximum absolute atomic E-state index is 13.8. The van der Waals surface area contributed by atoms with E-state index in [-0.39, 0.29) is 29.8 Å². The Balaban J connectivity index is 1.84. The van der Waals surface area contributed by atoms with E-state index in [1.165, 1.54) is 0 Å². The number of methoxy groups -OCH3 is 1. The molecule has 0 fully saturated rings. The lowest BCUT2D eigenvalue weighted by molar-refractivity contribution is -0.144. The fourth-order valence-corrected chi connectivity index (χ4v) is 4.46. The lowest BCUT2D eigenvalue weighted by Crippen LogP contribution is -2.47. The summed E-state index contributed by atoms with van der Waals surface area (Å²) in [5, 5.41) is 0. The summed E-state index contributed by atoms with van der Waals surface area (Å²) in [5.74, 6) is 0.800. The Morgan fingerprint density at radius 1 is 0.921 bits per heavy atom. The highest BCUT2D eigenvalue weighted by atomic mass is 16.5. The van der Waals surface area contributed by atoms with Crippen LogP contribution in [0.25, 0.3) is 0 Å². The molecule has 0 aliphatic heterocycles. The second-order valence-electron chi connectivity index (χ2n) is 11.2. The zero-order chi connectivity index (χ0) is 27.7. The molecule has 2 aromatic carbocycles. The van der Waals surface area contributed by atoms with Crippen LogP contribution in [0.1, 0.15) is 64.3 Å². The zero-order valence-electron chi connectivity index (χ0n) is 23.8. The molecule has 1 unspecified atom stereocenters. The van der Waals surface area contributed by atoms with Gasteiger partial charge in [0.25, 0.3) is 0 Å². The Morgan fingerprint density at radius 3 is 2.29 bits per heavy atom. The Kier molecular flexibility index (Phi) is 10.2. The molecule has 0 bridgehead atoms. The highest BCUT2D eigenvalue weighted by Gasteiger charge is 2.28. The van der Waals surface area contributed by atoms with Crippen LogP contribution in [0.4, 0.5) is 0 Å². The molecule has 1 aromatic heterocycles. The number of hydrogen-bond acceptors (Lipinski definition) is 3. The number of nitrogens with zero attached hydrogens (tertiary/aromatic N) is 3. The minimum atomic E-state index is -0.142. The van der Waals surface area contributed by atoms with E-state index in [4.69, 9.17) is 4.74 Å². The van der Waals surface area contributed by atoms with Crippen molar-refractivity contribution >= 4 is 11.8 Å². The number of rotatable bonds is 12. The van der Waals surface area contributed by atoms with E-state index in [0.29, 0.717) is 26.1 Å². The standard InChI is InChI=1S/C32H43N3O3/c1-7-25(2)35(30(36)20-32(3,4)5)24-31(37)34(21-26-13-9-8-10-14-26)23-28-16-12-18-33(28)22-27-15-11-17-29(19-27)38-6/h8-19,25H,7,20-24H2,1-6H3. The number of ether oxygens (including phenoxy) is 1. The summed E-state index contributed by atoms with van der Waals surface area (Å²) in [7, 11) is 1.67. The van der Waals surface area contributed by atoms with Crippen molar-refractivity contribution in [3.05, 3.63) is 89.7 Å². The smallest absolute Gasteiger partial charge is 0.242 e. The van der Waals surface area contributed by atoms with Crippen molar-refractivity contribution in [1.29, 1.82) is 0 Å². The summed E-state index contributed by atoms with van der Waals surface area (Å²) in [6.45, 7) is 11.9. The molecular formula is C32H43N3O3. The van der Waals surface area contributed by atoms with Crippen molar-refractivity contribution in [1.82, 2.24) is 14.4 Å². The van der Waals surface area contributed by atoms with Gasteiger partial charge in [-0.05, 0) is 54.2 Å². The van der Waals surface area contributed by atoms with E-state index in [1.54, 1.807) is 12.0 Å². The van der Waals surface area contributed by atoms with Crippen LogP contribution in [0.5, 0.6) is 5.75 Å². The molecule has 3 aromatic rings. The normalized spacial score (nSPS) is 12.2. The van der Waals surface area contributed by atoms with E-state index in [0.717, 1.165) is 29.0 Å². The Morgan fingerprint density at radius 2 is 1.63 bits per heavy atom. The molecular weight excluding hydrogens is 474 g/mol. The van der Waals surface area contributed by atoms with Crippen LogP contribution in [0.3, 0.4) is 0 Å². The molecule has 0 N–H and O–H groups in total. The molecule has 0 radical (unpaired) electrons. The molecule has 204 valence electrons. The first-order valence-electron chi connectivity index (χ1n) is 13.5. The van der Waals surface area contributed by atoms with Crippen LogP contribution >= 0.6 is 0 Å². The molecule has 1 heterocycles. The van der Waals surface area contributed by atoms with Gasteiger partial charge >= 0.3 is 0 Å². The molecule has 0 aliphatic carbocycles. The van der Waals surface area contributed by atoms with Crippen molar-refractivity contribution in [2.45, 2.75) is 73.1 Å². The summed E-state index contributed by atoms with van der Waals surface area (Å²) >= 11 is 0. The zero-order valence-corrected chi connectivity index (χ0v) is 23.8. The van der Waals surface area contributed by atoms with Crippen molar-refractivity contribution in [2.24, 2.45) is 5.41 Å². The number of carbonyl (C=O) groups is 2. The van der Waals surface area contributed by atoms with Gasteiger partial charge in [-0.15, -0.1) is 0 Å². The topological polar surface area (TPSA) is 54.8 Å². The summed E-state index contributed by atoms with van der Waals surface area (Å²) in [6, 6.07) is 22.1. The first kappa shape index (κ1) is 29.0. The van der Waals surface area contributed by atoms with Gasteiger partial charge in [0.2, 0.25) is 11.8 Å². The van der Waals surface area contributed by atoms with Crippen LogP contribution < -0.4 is 4.74 Å². The van der Waals surface area contributed by atoms with Gasteiger partial charge in [-0.2, -0.15) is 0 Å². The average Bonchev–Trinajstić information content (AvgIpc) is 3.32. The van der Waals surface area contributed by atoms with E-state index in [2.05, 4.69) is 44.4 Å². The van der Waals surface area contributed by atoms with Crippen molar-refractivity contribution < 1.29 is 14.3 Å².